The predicted molar refractivity (Wildman–Crippen MR) is 125 cm³/mol. The highest BCUT2D eigenvalue weighted by atomic mass is 32.1. The van der Waals surface area contributed by atoms with Crippen LogP contribution in [0.4, 0.5) is 0 Å². The average Bonchev–Trinajstić information content (AvgIpc) is 3.33. The number of aromatic amines is 1. The van der Waals surface area contributed by atoms with E-state index in [1.54, 1.807) is 18.3 Å². The molecule has 0 aliphatic heterocycles. The van der Waals surface area contributed by atoms with E-state index in [1.807, 2.05) is 54.6 Å². The van der Waals surface area contributed by atoms with Gasteiger partial charge in [-0.2, -0.15) is 0 Å². The smallest absolute Gasteiger partial charge is 0.262 e. The topological polar surface area (TPSA) is 87.7 Å². The summed E-state index contributed by atoms with van der Waals surface area (Å²) in [5.41, 5.74) is 2.43. The zero-order valence-electron chi connectivity index (χ0n) is 16.6. The fraction of sp³-hybridized carbons (Fsp3) is 0.130. The van der Waals surface area contributed by atoms with Crippen molar-refractivity contribution in [3.05, 3.63) is 91.8 Å². The molecule has 0 aliphatic rings. The number of nitrogens with one attached hydrogen (secondary N) is 2. The molecule has 0 radical (unpaired) electrons. The summed E-state index contributed by atoms with van der Waals surface area (Å²) in [5.74, 6) is 0.371. The van der Waals surface area contributed by atoms with Crippen LogP contribution in [0.3, 0.4) is 0 Å². The number of carbonyl (C=O) groups is 1. The van der Waals surface area contributed by atoms with Crippen LogP contribution in [0.15, 0.2) is 59.4 Å². The first kappa shape index (κ1) is 19.6. The van der Waals surface area contributed by atoms with Gasteiger partial charge in [-0.05, 0) is 30.2 Å². The molecule has 8 heteroatoms. The zero-order chi connectivity index (χ0) is 21.4. The van der Waals surface area contributed by atoms with Crippen molar-refractivity contribution in [2.75, 3.05) is 0 Å². The second-order valence-corrected chi connectivity index (χ2v) is 9.28. The van der Waals surface area contributed by atoms with Crippen molar-refractivity contribution in [2.24, 2.45) is 0 Å². The molecule has 0 saturated carbocycles. The minimum absolute atomic E-state index is 0.213. The lowest BCUT2D eigenvalue weighted by atomic mass is 10.1. The molecule has 5 aromatic rings. The number of aromatic nitrogens is 3. The summed E-state index contributed by atoms with van der Waals surface area (Å²) >= 11 is 2.81. The number of thiophene rings is 1. The quantitative estimate of drug-likeness (QED) is 0.418. The number of para-hydroxylation sites is 1. The van der Waals surface area contributed by atoms with Gasteiger partial charge in [-0.3, -0.25) is 9.59 Å². The zero-order valence-corrected chi connectivity index (χ0v) is 18.3. The molecule has 1 amide bonds. The Bertz CT molecular complexity index is 1430. The van der Waals surface area contributed by atoms with Gasteiger partial charge < -0.3 is 10.3 Å². The third kappa shape index (κ3) is 3.87. The van der Waals surface area contributed by atoms with Crippen molar-refractivity contribution >= 4 is 49.0 Å². The van der Waals surface area contributed by atoms with Crippen LogP contribution < -0.4 is 10.9 Å². The maximum atomic E-state index is 12.8. The van der Waals surface area contributed by atoms with E-state index in [2.05, 4.69) is 20.3 Å². The molecule has 0 bridgehead atoms. The van der Waals surface area contributed by atoms with Gasteiger partial charge in [0.15, 0.2) is 0 Å². The molecular formula is C23H18N4O2S2. The molecule has 0 saturated heterocycles. The number of carbonyl (C=O) groups excluding carboxylic acids is 1. The van der Waals surface area contributed by atoms with Crippen LogP contribution in [0, 0.1) is 6.92 Å². The number of thiazole rings is 1. The summed E-state index contributed by atoms with van der Waals surface area (Å²) in [6.45, 7) is 2.13. The van der Waals surface area contributed by atoms with E-state index in [1.165, 1.54) is 11.3 Å². The summed E-state index contributed by atoms with van der Waals surface area (Å²) in [6.07, 6.45) is 0.530. The maximum absolute atomic E-state index is 12.8. The van der Waals surface area contributed by atoms with Crippen molar-refractivity contribution in [1.82, 2.24) is 20.3 Å². The number of amides is 1. The summed E-state index contributed by atoms with van der Waals surface area (Å²) in [7, 11) is 0. The summed E-state index contributed by atoms with van der Waals surface area (Å²) in [4.78, 5) is 38.7. The molecule has 0 unspecified atom stereocenters. The van der Waals surface area contributed by atoms with Gasteiger partial charge in [0.05, 0.1) is 27.0 Å². The van der Waals surface area contributed by atoms with Crippen molar-refractivity contribution in [2.45, 2.75) is 19.9 Å². The van der Waals surface area contributed by atoms with Crippen molar-refractivity contribution < 1.29 is 4.79 Å². The molecule has 3 heterocycles. The van der Waals surface area contributed by atoms with Gasteiger partial charge in [-0.1, -0.05) is 42.5 Å². The molecule has 0 spiro atoms. The monoisotopic (exact) mass is 446 g/mol. The number of hydrogen-bond acceptors (Lipinski definition) is 6. The minimum atomic E-state index is -0.219. The van der Waals surface area contributed by atoms with Crippen LogP contribution in [0.5, 0.6) is 0 Å². The van der Waals surface area contributed by atoms with Gasteiger partial charge in [0.25, 0.3) is 11.5 Å². The molecule has 154 valence electrons. The molecular weight excluding hydrogens is 428 g/mol. The lowest BCUT2D eigenvalue weighted by molar-refractivity contribution is 0.0954. The summed E-state index contributed by atoms with van der Waals surface area (Å²) in [6, 6.07) is 17.7. The van der Waals surface area contributed by atoms with E-state index in [4.69, 9.17) is 0 Å². The summed E-state index contributed by atoms with van der Waals surface area (Å²) in [5, 5.41) is 4.25. The lowest BCUT2D eigenvalue weighted by Crippen LogP contribution is -2.22. The largest absolute Gasteiger partial charge is 0.345 e. The number of rotatable bonds is 5. The van der Waals surface area contributed by atoms with Crippen LogP contribution in [-0.4, -0.2) is 20.9 Å². The van der Waals surface area contributed by atoms with E-state index in [0.717, 1.165) is 20.8 Å². The molecule has 0 fully saturated rings. The third-order valence-corrected chi connectivity index (χ3v) is 7.23. The number of aryl methyl sites for hydroxylation is 1. The minimum Gasteiger partial charge on any atom is -0.345 e. The van der Waals surface area contributed by atoms with E-state index in [9.17, 15) is 9.59 Å². The van der Waals surface area contributed by atoms with Crippen LogP contribution in [0.1, 0.15) is 31.6 Å². The highest BCUT2D eigenvalue weighted by molar-refractivity contribution is 7.20. The average molecular weight is 447 g/mol. The van der Waals surface area contributed by atoms with Crippen molar-refractivity contribution in [3.8, 4) is 0 Å². The highest BCUT2D eigenvalue weighted by Crippen LogP contribution is 2.27. The first-order valence-electron chi connectivity index (χ1n) is 9.77. The molecule has 0 aliphatic carbocycles. The number of fused-ring (bicyclic) bond motifs is 2. The standard InChI is InChI=1S/C23H18N4O2S2/c1-13-19-21(28)26-17(11-14-7-3-2-4-8-14)27-23(19)31-20(13)22(29)24-12-18-25-15-9-5-6-10-16(15)30-18/h2-10H,11-12H2,1H3,(H,24,29)(H,26,27,28). The Labute approximate surface area is 185 Å². The highest BCUT2D eigenvalue weighted by Gasteiger charge is 2.19. The first-order chi connectivity index (χ1) is 15.1. The molecule has 0 atom stereocenters. The van der Waals surface area contributed by atoms with Gasteiger partial charge in [0.2, 0.25) is 0 Å². The Hall–Kier alpha value is -3.36. The third-order valence-electron chi connectivity index (χ3n) is 5.01. The Morgan fingerprint density at radius 1 is 1.03 bits per heavy atom. The Morgan fingerprint density at radius 3 is 2.61 bits per heavy atom. The van der Waals surface area contributed by atoms with Gasteiger partial charge in [-0.15, -0.1) is 22.7 Å². The fourth-order valence-corrected chi connectivity index (χ4v) is 5.53. The fourth-order valence-electron chi connectivity index (χ4n) is 3.51. The molecule has 3 aromatic heterocycles. The van der Waals surface area contributed by atoms with Crippen molar-refractivity contribution in [3.63, 3.8) is 0 Å². The number of benzene rings is 2. The molecule has 31 heavy (non-hydrogen) atoms. The predicted octanol–water partition coefficient (Wildman–Crippen LogP) is 4.42. The van der Waals surface area contributed by atoms with E-state index in [-0.39, 0.29) is 11.5 Å². The second kappa shape index (κ2) is 8.05. The van der Waals surface area contributed by atoms with E-state index in [0.29, 0.717) is 39.4 Å². The van der Waals surface area contributed by atoms with Crippen molar-refractivity contribution in [1.29, 1.82) is 0 Å². The molecule has 5 rings (SSSR count). The first-order valence-corrected chi connectivity index (χ1v) is 11.4. The van der Waals surface area contributed by atoms with Gasteiger partial charge in [0.1, 0.15) is 15.7 Å². The van der Waals surface area contributed by atoms with Crippen LogP contribution in [-0.2, 0) is 13.0 Å². The lowest BCUT2D eigenvalue weighted by Gasteiger charge is -2.02. The normalized spacial score (nSPS) is 11.3. The number of nitrogens with zero attached hydrogens (tertiary/aromatic N) is 2. The molecule has 6 nitrogen and oxygen atoms in total. The SMILES string of the molecule is Cc1c(C(=O)NCc2nc3ccccc3s2)sc2nc(Cc3ccccc3)[nH]c(=O)c12. The van der Waals surface area contributed by atoms with Crippen LogP contribution >= 0.6 is 22.7 Å². The number of H-pyrrole nitrogens is 1. The van der Waals surface area contributed by atoms with E-state index < -0.39 is 0 Å². The van der Waals surface area contributed by atoms with Gasteiger partial charge in [0, 0.05) is 6.42 Å². The van der Waals surface area contributed by atoms with E-state index >= 15 is 0 Å². The molecule has 2 aromatic carbocycles. The summed E-state index contributed by atoms with van der Waals surface area (Å²) < 4.78 is 1.09. The van der Waals surface area contributed by atoms with Crippen LogP contribution in [0.25, 0.3) is 20.4 Å². The van der Waals surface area contributed by atoms with Crippen LogP contribution in [0.2, 0.25) is 0 Å². The second-order valence-electron chi connectivity index (χ2n) is 7.17. The Morgan fingerprint density at radius 2 is 1.81 bits per heavy atom. The maximum Gasteiger partial charge on any atom is 0.262 e. The Kier molecular flexibility index (Phi) is 5.09. The van der Waals surface area contributed by atoms with Gasteiger partial charge >= 0.3 is 0 Å². The van der Waals surface area contributed by atoms with Gasteiger partial charge in [-0.25, -0.2) is 9.97 Å². The Balaban J connectivity index is 1.39. The number of hydrogen-bond donors (Lipinski definition) is 2. The molecule has 2 N–H and O–H groups in total.